The Kier molecular flexibility index (Phi) is 57.7. The molecule has 97 valence electrons. The molecule has 0 unspecified atom stereocenters. The third-order valence-electron chi connectivity index (χ3n) is 0. The van der Waals surface area contributed by atoms with Crippen LogP contribution in [0.2, 0.25) is 0 Å². The van der Waals surface area contributed by atoms with Crippen LogP contribution >= 0.6 is 0 Å². The van der Waals surface area contributed by atoms with Gasteiger partial charge in [0.25, 0.3) is 0 Å². The first-order valence-corrected chi connectivity index (χ1v) is 4.89. The standard InChI is InChI=1S/3C4H9.H2O2.V/c3*1-4(2)3;1-2;/h3*4H,1H2,2-3H3;1-2H;/q3*-1;;. The van der Waals surface area contributed by atoms with Crippen LogP contribution in [0.3, 0.4) is 0 Å². The summed E-state index contributed by atoms with van der Waals surface area (Å²) in [6, 6.07) is 0. The van der Waals surface area contributed by atoms with Gasteiger partial charge in [-0.15, -0.1) is 0 Å². The summed E-state index contributed by atoms with van der Waals surface area (Å²) in [7, 11) is 0. The van der Waals surface area contributed by atoms with Crippen LogP contribution < -0.4 is 0 Å². The van der Waals surface area contributed by atoms with Crippen LogP contribution in [-0.4, -0.2) is 10.5 Å². The second kappa shape index (κ2) is 29.3. The van der Waals surface area contributed by atoms with E-state index in [0.717, 1.165) is 0 Å². The Hall–Kier alpha value is 0.504. The third-order valence-corrected chi connectivity index (χ3v) is 0. The number of hydrogen-bond acceptors (Lipinski definition) is 2. The molecule has 0 aromatic carbocycles. The van der Waals surface area contributed by atoms with Crippen molar-refractivity contribution in [1.82, 2.24) is 0 Å². The molecular weight excluding hydrogens is 227 g/mol. The van der Waals surface area contributed by atoms with Crippen molar-refractivity contribution in [2.24, 2.45) is 17.8 Å². The largest absolute Gasteiger partial charge is 0.341 e. The van der Waals surface area contributed by atoms with E-state index in [2.05, 4.69) is 62.3 Å². The zero-order valence-corrected chi connectivity index (χ0v) is 12.6. The summed E-state index contributed by atoms with van der Waals surface area (Å²) in [5.41, 5.74) is 0. The summed E-state index contributed by atoms with van der Waals surface area (Å²) >= 11 is 0. The van der Waals surface area contributed by atoms with Crippen molar-refractivity contribution in [3.05, 3.63) is 20.8 Å². The molecule has 2 N–H and O–H groups in total. The van der Waals surface area contributed by atoms with E-state index in [9.17, 15) is 0 Å². The fraction of sp³-hybridized carbons (Fsp3) is 0.750. The Balaban J connectivity index is -0.0000000298. The molecule has 0 aliphatic rings. The molecule has 1 radical (unpaired) electrons. The van der Waals surface area contributed by atoms with E-state index in [1.165, 1.54) is 0 Å². The monoisotopic (exact) mass is 256 g/mol. The van der Waals surface area contributed by atoms with Crippen molar-refractivity contribution in [3.63, 3.8) is 0 Å². The Morgan fingerprint density at radius 3 is 0.600 bits per heavy atom. The summed E-state index contributed by atoms with van der Waals surface area (Å²) < 4.78 is 0. The minimum Gasteiger partial charge on any atom is -0.341 e. The zero-order valence-electron chi connectivity index (χ0n) is 11.2. The van der Waals surface area contributed by atoms with Gasteiger partial charge in [0.05, 0.1) is 0 Å². The van der Waals surface area contributed by atoms with Gasteiger partial charge in [0, 0.05) is 18.6 Å². The van der Waals surface area contributed by atoms with Gasteiger partial charge in [-0.2, -0.15) is 17.8 Å². The van der Waals surface area contributed by atoms with E-state index in [-0.39, 0.29) is 18.6 Å². The maximum absolute atomic E-state index is 6.00. The molecule has 0 aliphatic heterocycles. The summed E-state index contributed by atoms with van der Waals surface area (Å²) in [5.74, 6) is 1.75. The third kappa shape index (κ3) is 8910. The van der Waals surface area contributed by atoms with Gasteiger partial charge in [-0.1, -0.05) is 41.5 Å². The molecule has 15 heavy (non-hydrogen) atoms. The summed E-state index contributed by atoms with van der Waals surface area (Å²) in [6.07, 6.45) is 0. The predicted octanol–water partition coefficient (Wildman–Crippen LogP) is 4.44. The van der Waals surface area contributed by atoms with Crippen LogP contribution in [0.5, 0.6) is 0 Å². The van der Waals surface area contributed by atoms with Crippen LogP contribution in [0.1, 0.15) is 41.5 Å². The zero-order chi connectivity index (χ0) is 12.7. The van der Waals surface area contributed by atoms with Crippen LogP contribution in [0.4, 0.5) is 0 Å². The molecule has 0 rings (SSSR count). The fourth-order valence-electron chi connectivity index (χ4n) is 0. The van der Waals surface area contributed by atoms with Crippen molar-refractivity contribution in [1.29, 1.82) is 0 Å². The molecule has 0 amide bonds. The number of hydrogen-bond donors (Lipinski definition) is 2. The normalized spacial score (nSPS) is 7.60. The summed E-state index contributed by atoms with van der Waals surface area (Å²) in [5, 5.41) is 12.0. The minimum atomic E-state index is 0. The Morgan fingerprint density at radius 2 is 0.600 bits per heavy atom. The van der Waals surface area contributed by atoms with Gasteiger partial charge in [-0.25, -0.2) is 0 Å². The average Bonchev–Trinajstić information content (AvgIpc) is 1.86. The Bertz CT molecular complexity index is 42.1. The van der Waals surface area contributed by atoms with Gasteiger partial charge in [0.15, 0.2) is 0 Å². The van der Waals surface area contributed by atoms with Crippen molar-refractivity contribution >= 4 is 0 Å². The molecule has 0 aliphatic carbocycles. The van der Waals surface area contributed by atoms with Crippen LogP contribution in [0, 0.1) is 38.5 Å². The van der Waals surface area contributed by atoms with Crippen molar-refractivity contribution < 1.29 is 29.1 Å². The van der Waals surface area contributed by atoms with E-state index in [1.807, 2.05) is 0 Å². The van der Waals surface area contributed by atoms with Crippen molar-refractivity contribution in [2.45, 2.75) is 41.5 Å². The number of rotatable bonds is 0. The first kappa shape index (κ1) is 29.6. The van der Waals surface area contributed by atoms with Gasteiger partial charge in [0.2, 0.25) is 0 Å². The maximum Gasteiger partial charge on any atom is 0 e. The van der Waals surface area contributed by atoms with Gasteiger partial charge in [-0.3, -0.25) is 10.5 Å². The van der Waals surface area contributed by atoms with Crippen LogP contribution in [0.15, 0.2) is 0 Å². The molecule has 0 saturated carbocycles. The Morgan fingerprint density at radius 1 is 0.600 bits per heavy atom. The quantitative estimate of drug-likeness (QED) is 0.382. The molecule has 0 heterocycles. The molecule has 0 aromatic heterocycles. The van der Waals surface area contributed by atoms with Crippen molar-refractivity contribution in [2.75, 3.05) is 0 Å². The summed E-state index contributed by atoms with van der Waals surface area (Å²) in [6.45, 7) is 23.2. The SMILES string of the molecule is OO.[CH2-]C(C)C.[CH2-]C(C)C.[CH2-]C(C)C.[V]. The molecule has 2 nitrogen and oxygen atoms in total. The van der Waals surface area contributed by atoms with Crippen LogP contribution in [0.25, 0.3) is 0 Å². The van der Waals surface area contributed by atoms with E-state index >= 15 is 0 Å². The van der Waals surface area contributed by atoms with E-state index in [0.29, 0.717) is 17.8 Å². The summed E-state index contributed by atoms with van der Waals surface area (Å²) in [4.78, 5) is 0. The molecule has 0 atom stereocenters. The second-order valence-electron chi connectivity index (χ2n) is 4.18. The molecule has 0 fully saturated rings. The van der Waals surface area contributed by atoms with E-state index in [1.54, 1.807) is 0 Å². The smallest absolute Gasteiger partial charge is 0 e. The second-order valence-corrected chi connectivity index (χ2v) is 4.18. The molecular formula is C12H29O2V-3. The Labute approximate surface area is 109 Å². The average molecular weight is 256 g/mol. The van der Waals surface area contributed by atoms with Crippen molar-refractivity contribution in [3.8, 4) is 0 Å². The van der Waals surface area contributed by atoms with Gasteiger partial charge < -0.3 is 20.8 Å². The maximum atomic E-state index is 6.00. The minimum absolute atomic E-state index is 0. The molecule has 0 aromatic rings. The van der Waals surface area contributed by atoms with Gasteiger partial charge >= 0.3 is 0 Å². The van der Waals surface area contributed by atoms with Crippen LogP contribution in [-0.2, 0) is 18.6 Å². The molecule has 0 saturated heterocycles. The fourth-order valence-corrected chi connectivity index (χ4v) is 0. The first-order chi connectivity index (χ1) is 6.20. The molecule has 3 heteroatoms. The van der Waals surface area contributed by atoms with E-state index < -0.39 is 0 Å². The van der Waals surface area contributed by atoms with Gasteiger partial charge in [-0.05, 0) is 0 Å². The molecule has 0 bridgehead atoms. The predicted molar refractivity (Wildman–Crippen MR) is 65.8 cm³/mol. The van der Waals surface area contributed by atoms with Gasteiger partial charge in [0.1, 0.15) is 0 Å². The topological polar surface area (TPSA) is 40.5 Å². The first-order valence-electron chi connectivity index (χ1n) is 4.89. The molecule has 0 spiro atoms. The van der Waals surface area contributed by atoms with E-state index in [4.69, 9.17) is 10.5 Å².